The third-order valence-electron chi connectivity index (χ3n) is 10.8. The van der Waals surface area contributed by atoms with Gasteiger partial charge >= 0.3 is 0 Å². The fourth-order valence-corrected chi connectivity index (χ4v) is 10.3. The number of rotatable bonds is 1. The predicted octanol–water partition coefficient (Wildman–Crippen LogP) is 2.36. The lowest BCUT2D eigenvalue weighted by Gasteiger charge is -2.73. The Morgan fingerprint density at radius 3 is 2.96 bits per heavy atom. The van der Waals surface area contributed by atoms with Crippen LogP contribution in [0.5, 0.6) is 0 Å². The van der Waals surface area contributed by atoms with Crippen molar-refractivity contribution in [3.8, 4) is 0 Å². The molecule has 9 fully saturated rings. The number of ketones is 1. The number of carbonyl (C=O) groups is 1. The number of aliphatic hydroxyl groups is 1. The van der Waals surface area contributed by atoms with Crippen molar-refractivity contribution in [1.29, 1.82) is 0 Å². The van der Waals surface area contributed by atoms with E-state index in [9.17, 15) is 9.90 Å². The molecule has 0 aromatic carbocycles. The Balaban J connectivity index is 1.52. The van der Waals surface area contributed by atoms with E-state index in [4.69, 9.17) is 4.74 Å². The lowest BCUT2D eigenvalue weighted by molar-refractivity contribution is -0.370. The molecule has 4 heteroatoms. The molecule has 140 valence electrons. The molecule has 4 nitrogen and oxygen atoms in total. The van der Waals surface area contributed by atoms with Crippen LogP contribution in [0.2, 0.25) is 0 Å². The summed E-state index contributed by atoms with van der Waals surface area (Å²) in [6.45, 7) is 9.94. The minimum Gasteiger partial charge on any atom is -0.388 e. The van der Waals surface area contributed by atoms with Gasteiger partial charge in [0, 0.05) is 34.6 Å². The third kappa shape index (κ3) is 1.11. The zero-order valence-electron chi connectivity index (χ0n) is 15.8. The van der Waals surface area contributed by atoms with Crippen molar-refractivity contribution in [3.63, 3.8) is 0 Å². The fraction of sp³-hybridized carbons (Fsp3) is 0.864. The molecule has 9 aliphatic rings. The van der Waals surface area contributed by atoms with Gasteiger partial charge in [-0.3, -0.25) is 9.69 Å². The average Bonchev–Trinajstić information content (AvgIpc) is 3.17. The maximum atomic E-state index is 13.0. The van der Waals surface area contributed by atoms with E-state index in [2.05, 4.69) is 25.3 Å². The quantitative estimate of drug-likeness (QED) is 0.734. The number of nitrogens with zero attached hydrogens (tertiary/aromatic N) is 1. The van der Waals surface area contributed by atoms with Crippen molar-refractivity contribution in [2.45, 2.75) is 70.4 Å². The summed E-state index contributed by atoms with van der Waals surface area (Å²) in [4.78, 5) is 15.7. The molecule has 9 bridgehead atoms. The average molecular weight is 355 g/mol. The number of ether oxygens (including phenoxy) is 1. The Bertz CT molecular complexity index is 779. The number of fused-ring (bicyclic) bond motifs is 2. The highest BCUT2D eigenvalue weighted by Crippen LogP contribution is 2.86. The van der Waals surface area contributed by atoms with Gasteiger partial charge in [-0.1, -0.05) is 20.4 Å². The van der Waals surface area contributed by atoms with Crippen LogP contribution in [-0.2, 0) is 9.53 Å². The van der Waals surface area contributed by atoms with E-state index in [1.54, 1.807) is 0 Å². The van der Waals surface area contributed by atoms with Crippen molar-refractivity contribution in [2.24, 2.45) is 39.9 Å². The van der Waals surface area contributed by atoms with Gasteiger partial charge in [0.1, 0.15) is 12.0 Å². The molecule has 5 saturated carbocycles. The first-order chi connectivity index (χ1) is 12.4. The summed E-state index contributed by atoms with van der Waals surface area (Å²) in [5, 5.41) is 11.4. The molecule has 2 spiro atoms. The smallest absolute Gasteiger partial charge is 0.140 e. The van der Waals surface area contributed by atoms with Crippen LogP contribution in [-0.4, -0.2) is 46.8 Å². The Kier molecular flexibility index (Phi) is 2.35. The summed E-state index contributed by atoms with van der Waals surface area (Å²) >= 11 is 0. The monoisotopic (exact) mass is 355 g/mol. The minimum atomic E-state index is -0.487. The second-order valence-corrected chi connectivity index (χ2v) is 10.8. The molecule has 0 unspecified atom stereocenters. The number of piperidine rings is 1. The van der Waals surface area contributed by atoms with E-state index in [0.717, 1.165) is 25.0 Å². The Morgan fingerprint density at radius 2 is 2.19 bits per heavy atom. The molecule has 4 saturated heterocycles. The van der Waals surface area contributed by atoms with Gasteiger partial charge in [-0.15, -0.1) is 0 Å². The molecule has 11 atom stereocenters. The zero-order valence-corrected chi connectivity index (χ0v) is 15.8. The largest absolute Gasteiger partial charge is 0.388 e. The molecule has 0 amide bonds. The summed E-state index contributed by atoms with van der Waals surface area (Å²) < 4.78 is 6.75. The van der Waals surface area contributed by atoms with Crippen molar-refractivity contribution in [1.82, 2.24) is 4.90 Å². The zero-order chi connectivity index (χ0) is 17.8. The first kappa shape index (κ1) is 15.2. The second kappa shape index (κ2) is 4.01. The van der Waals surface area contributed by atoms with Crippen molar-refractivity contribution in [2.75, 3.05) is 6.54 Å². The summed E-state index contributed by atoms with van der Waals surface area (Å²) in [7, 11) is 0. The third-order valence-corrected chi connectivity index (χ3v) is 10.8. The molecule has 0 radical (unpaired) electrons. The van der Waals surface area contributed by atoms with Gasteiger partial charge in [0.05, 0.1) is 12.2 Å². The molecule has 1 N–H and O–H groups in total. The van der Waals surface area contributed by atoms with Crippen molar-refractivity contribution >= 4 is 5.78 Å². The normalized spacial score (nSPS) is 66.7. The molecular formula is C22H29NO3. The Morgan fingerprint density at radius 1 is 1.38 bits per heavy atom. The van der Waals surface area contributed by atoms with Gasteiger partial charge < -0.3 is 9.84 Å². The highest BCUT2D eigenvalue weighted by Gasteiger charge is 2.88. The van der Waals surface area contributed by atoms with E-state index in [1.165, 1.54) is 12.8 Å². The Hall–Kier alpha value is -0.710. The second-order valence-electron chi connectivity index (χ2n) is 10.8. The predicted molar refractivity (Wildman–Crippen MR) is 95.0 cm³/mol. The van der Waals surface area contributed by atoms with Gasteiger partial charge in [-0.05, 0) is 55.6 Å². The van der Waals surface area contributed by atoms with E-state index in [1.807, 2.05) is 0 Å². The molecule has 5 aliphatic carbocycles. The molecule has 4 aliphatic heterocycles. The van der Waals surface area contributed by atoms with Gasteiger partial charge in [-0.25, -0.2) is 0 Å². The highest BCUT2D eigenvalue weighted by molar-refractivity contribution is 5.87. The van der Waals surface area contributed by atoms with Crippen molar-refractivity contribution in [3.05, 3.63) is 12.2 Å². The molecule has 4 heterocycles. The van der Waals surface area contributed by atoms with E-state index in [0.29, 0.717) is 42.1 Å². The molecule has 0 aromatic rings. The lowest BCUT2D eigenvalue weighted by atomic mass is 9.41. The maximum absolute atomic E-state index is 13.0. The number of carbonyl (C=O) groups excluding carboxylic acids is 1. The van der Waals surface area contributed by atoms with Crippen LogP contribution in [0, 0.1) is 39.9 Å². The van der Waals surface area contributed by atoms with Crippen LogP contribution in [0.25, 0.3) is 0 Å². The fourth-order valence-electron chi connectivity index (χ4n) is 10.3. The molecular weight excluding hydrogens is 326 g/mol. The van der Waals surface area contributed by atoms with Crippen LogP contribution in [0.1, 0.15) is 46.0 Å². The van der Waals surface area contributed by atoms with E-state index < -0.39 is 6.10 Å². The van der Waals surface area contributed by atoms with Crippen molar-refractivity contribution < 1.29 is 14.6 Å². The molecule has 0 aromatic heterocycles. The van der Waals surface area contributed by atoms with Crippen LogP contribution in [0.3, 0.4) is 0 Å². The number of aliphatic hydroxyl groups excluding tert-OH is 1. The van der Waals surface area contributed by atoms with Gasteiger partial charge in [-0.2, -0.15) is 0 Å². The highest BCUT2D eigenvalue weighted by atomic mass is 16.5. The summed E-state index contributed by atoms with van der Waals surface area (Å²) in [6.07, 6.45) is 5.21. The molecule has 9 rings (SSSR count). The van der Waals surface area contributed by atoms with Gasteiger partial charge in [0.25, 0.3) is 0 Å². The molecule has 26 heavy (non-hydrogen) atoms. The SMILES string of the molecule is C=C1[C@H]2C[C@]3([C@@H](CC2=O)[C@]24[C@@H]5CC[C@]6(C)[C@H]2C[C@H]3[C@H]4N(CC)[C@@H]6O5)[C@H]1O. The first-order valence-corrected chi connectivity index (χ1v) is 10.7. The number of hydrogen-bond donors (Lipinski definition) is 1. The Labute approximate surface area is 155 Å². The van der Waals surface area contributed by atoms with Gasteiger partial charge in [0.2, 0.25) is 0 Å². The summed E-state index contributed by atoms with van der Waals surface area (Å²) in [5.41, 5.74) is 1.03. The summed E-state index contributed by atoms with van der Waals surface area (Å²) in [5.74, 6) is 1.74. The maximum Gasteiger partial charge on any atom is 0.140 e. The first-order valence-electron chi connectivity index (χ1n) is 10.7. The van der Waals surface area contributed by atoms with Crippen LogP contribution >= 0.6 is 0 Å². The summed E-state index contributed by atoms with van der Waals surface area (Å²) in [6, 6.07) is 0.506. The van der Waals surface area contributed by atoms with Gasteiger partial charge in [0.15, 0.2) is 0 Å². The van der Waals surface area contributed by atoms with Crippen LogP contribution in [0.15, 0.2) is 12.2 Å². The topological polar surface area (TPSA) is 49.8 Å². The number of Topliss-reactive ketones (excluding diaryl/α,β-unsaturated/α-hetero) is 1. The number of hydrogen-bond acceptors (Lipinski definition) is 4. The van der Waals surface area contributed by atoms with E-state index >= 15 is 0 Å². The standard InChI is InChI=1S/C22H29NO3/c1-4-23-17-12-7-14-20(3)6-5-16(26-19(20)23)22(14,17)15-8-13(24)11-9-21(12,15)18(25)10(11)2/h11-12,14-19,25H,2,4-9H2,1,3H3/t11-,12+,14-,15-,16+,17-,18+,19-,20-,21+,22+/m1/s1. The van der Waals surface area contributed by atoms with Crippen LogP contribution < -0.4 is 0 Å². The van der Waals surface area contributed by atoms with Crippen LogP contribution in [0.4, 0.5) is 0 Å². The minimum absolute atomic E-state index is 0.0853. The lowest BCUT2D eigenvalue weighted by Crippen LogP contribution is -2.78. The van der Waals surface area contributed by atoms with E-state index in [-0.39, 0.29) is 28.4 Å².